The van der Waals surface area contributed by atoms with E-state index in [1.54, 1.807) is 0 Å². The minimum absolute atomic E-state index is 0.00722. The average molecular weight is 167 g/mol. The number of amides is 1. The first-order valence-electron chi connectivity index (χ1n) is 4.32. The van der Waals surface area contributed by atoms with Crippen LogP contribution in [0.3, 0.4) is 0 Å². The lowest BCUT2D eigenvalue weighted by Gasteiger charge is -2.31. The molecule has 1 unspecified atom stereocenters. The summed E-state index contributed by atoms with van der Waals surface area (Å²) in [5.74, 6) is 0.746. The van der Waals surface area contributed by atoms with Crippen molar-refractivity contribution in [2.45, 2.75) is 25.3 Å². The van der Waals surface area contributed by atoms with Gasteiger partial charge in [-0.1, -0.05) is 0 Å². The molecule has 4 heteroatoms. The van der Waals surface area contributed by atoms with E-state index in [4.69, 9.17) is 0 Å². The molecule has 0 aliphatic carbocycles. The number of hydrogen-bond donors (Lipinski definition) is 2. The van der Waals surface area contributed by atoms with Crippen LogP contribution in [-0.4, -0.2) is 30.4 Å². The van der Waals surface area contributed by atoms with Crippen LogP contribution in [0.4, 0.5) is 0 Å². The van der Waals surface area contributed by atoms with Gasteiger partial charge in [-0.25, -0.2) is 0 Å². The van der Waals surface area contributed by atoms with Gasteiger partial charge in [-0.05, 0) is 26.3 Å². The number of carbonyl (C=O) groups is 1. The number of piperidine rings is 1. The van der Waals surface area contributed by atoms with Crippen molar-refractivity contribution in [3.8, 4) is 0 Å². The zero-order chi connectivity index (χ0) is 8.60. The van der Waals surface area contributed by atoms with Crippen molar-refractivity contribution in [2.24, 2.45) is 4.99 Å². The molecule has 1 atom stereocenters. The Hall–Kier alpha value is -0.900. The monoisotopic (exact) mass is 167 g/mol. The summed E-state index contributed by atoms with van der Waals surface area (Å²) in [6.45, 7) is 3.56. The highest BCUT2D eigenvalue weighted by molar-refractivity contribution is 6.05. The minimum atomic E-state index is -0.400. The fourth-order valence-electron chi connectivity index (χ4n) is 1.88. The van der Waals surface area contributed by atoms with Crippen LogP contribution in [0.5, 0.6) is 0 Å². The van der Waals surface area contributed by atoms with E-state index < -0.39 is 5.54 Å². The van der Waals surface area contributed by atoms with E-state index in [-0.39, 0.29) is 5.91 Å². The Balaban J connectivity index is 2.17. The Bertz CT molecular complexity index is 241. The van der Waals surface area contributed by atoms with Crippen molar-refractivity contribution < 1.29 is 4.79 Å². The number of aliphatic imine (C=N–C) groups is 1. The standard InChI is InChI=1S/C8H13N3O/c1-6-10-7(12)8(11-6)3-2-4-9-5-8/h9H,2-5H2,1H3,(H,10,11,12). The van der Waals surface area contributed by atoms with E-state index in [1.807, 2.05) is 6.92 Å². The molecule has 4 nitrogen and oxygen atoms in total. The number of amidine groups is 1. The van der Waals surface area contributed by atoms with E-state index in [9.17, 15) is 4.79 Å². The summed E-state index contributed by atoms with van der Waals surface area (Å²) >= 11 is 0. The van der Waals surface area contributed by atoms with Gasteiger partial charge in [-0.3, -0.25) is 4.79 Å². The Morgan fingerprint density at radius 2 is 2.42 bits per heavy atom. The molecule has 0 aromatic rings. The van der Waals surface area contributed by atoms with Crippen LogP contribution in [0.25, 0.3) is 0 Å². The lowest BCUT2D eigenvalue weighted by Crippen LogP contribution is -2.57. The lowest BCUT2D eigenvalue weighted by molar-refractivity contribution is -0.123. The molecule has 1 saturated heterocycles. The first kappa shape index (κ1) is 7.73. The Kier molecular flexibility index (Phi) is 1.65. The van der Waals surface area contributed by atoms with Crippen LogP contribution >= 0.6 is 0 Å². The molecule has 0 radical (unpaired) electrons. The molecule has 0 aromatic heterocycles. The molecule has 2 rings (SSSR count). The van der Waals surface area contributed by atoms with Crippen molar-refractivity contribution in [1.29, 1.82) is 0 Å². The van der Waals surface area contributed by atoms with Gasteiger partial charge in [0.1, 0.15) is 11.4 Å². The van der Waals surface area contributed by atoms with E-state index in [0.717, 1.165) is 25.2 Å². The topological polar surface area (TPSA) is 53.5 Å². The molecule has 1 spiro atoms. The van der Waals surface area contributed by atoms with Crippen molar-refractivity contribution in [2.75, 3.05) is 13.1 Å². The number of nitrogens with one attached hydrogen (secondary N) is 2. The lowest BCUT2D eigenvalue weighted by atomic mass is 9.90. The number of carbonyl (C=O) groups excluding carboxylic acids is 1. The summed E-state index contributed by atoms with van der Waals surface area (Å²) in [5.41, 5.74) is -0.400. The fourth-order valence-corrected chi connectivity index (χ4v) is 1.88. The number of hydrogen-bond acceptors (Lipinski definition) is 3. The average Bonchev–Trinajstić information content (AvgIpc) is 2.29. The molecule has 0 saturated carbocycles. The summed E-state index contributed by atoms with van der Waals surface area (Å²) in [4.78, 5) is 15.4. The maximum absolute atomic E-state index is 11.5. The van der Waals surface area contributed by atoms with Crippen molar-refractivity contribution in [3.63, 3.8) is 0 Å². The summed E-state index contributed by atoms with van der Waals surface area (Å²) in [6, 6.07) is 0. The normalized spacial score (nSPS) is 35.1. The second kappa shape index (κ2) is 2.55. The third kappa shape index (κ3) is 1.03. The van der Waals surface area contributed by atoms with Crippen LogP contribution in [0.2, 0.25) is 0 Å². The molecule has 12 heavy (non-hydrogen) atoms. The van der Waals surface area contributed by atoms with Gasteiger partial charge in [0.2, 0.25) is 0 Å². The van der Waals surface area contributed by atoms with Gasteiger partial charge in [0.15, 0.2) is 0 Å². The molecule has 2 aliphatic rings. The van der Waals surface area contributed by atoms with E-state index in [2.05, 4.69) is 15.6 Å². The molecule has 2 heterocycles. The molecular formula is C8H13N3O. The summed E-state index contributed by atoms with van der Waals surface area (Å²) in [7, 11) is 0. The molecular weight excluding hydrogens is 154 g/mol. The molecule has 66 valence electrons. The summed E-state index contributed by atoms with van der Waals surface area (Å²) in [6.07, 6.45) is 1.95. The quantitative estimate of drug-likeness (QED) is 0.519. The molecule has 0 aromatic carbocycles. The maximum Gasteiger partial charge on any atom is 0.274 e. The van der Waals surface area contributed by atoms with Crippen LogP contribution in [0.15, 0.2) is 4.99 Å². The summed E-state index contributed by atoms with van der Waals surface area (Å²) in [5, 5.41) is 6.37. The van der Waals surface area contributed by atoms with Crippen LogP contribution in [0.1, 0.15) is 19.8 Å². The second-order valence-corrected chi connectivity index (χ2v) is 3.49. The van der Waals surface area contributed by atoms with Crippen molar-refractivity contribution in [3.05, 3.63) is 0 Å². The Morgan fingerprint density at radius 3 is 2.92 bits per heavy atom. The fraction of sp³-hybridized carbons (Fsp3) is 0.750. The number of nitrogens with zero attached hydrogens (tertiary/aromatic N) is 1. The number of rotatable bonds is 0. The first-order chi connectivity index (χ1) is 5.73. The van der Waals surface area contributed by atoms with Gasteiger partial charge < -0.3 is 10.6 Å². The van der Waals surface area contributed by atoms with Gasteiger partial charge in [-0.15, -0.1) is 0 Å². The molecule has 2 aliphatic heterocycles. The largest absolute Gasteiger partial charge is 0.358 e. The van der Waals surface area contributed by atoms with E-state index >= 15 is 0 Å². The highest BCUT2D eigenvalue weighted by atomic mass is 16.2. The van der Waals surface area contributed by atoms with E-state index in [0.29, 0.717) is 6.54 Å². The van der Waals surface area contributed by atoms with Crippen LogP contribution in [-0.2, 0) is 4.79 Å². The third-order valence-corrected chi connectivity index (χ3v) is 2.48. The first-order valence-corrected chi connectivity index (χ1v) is 4.32. The van der Waals surface area contributed by atoms with Gasteiger partial charge >= 0.3 is 0 Å². The zero-order valence-corrected chi connectivity index (χ0v) is 7.18. The van der Waals surface area contributed by atoms with Gasteiger partial charge in [0, 0.05) is 6.54 Å². The predicted octanol–water partition coefficient (Wildman–Crippen LogP) is -0.343. The molecule has 1 amide bonds. The molecule has 0 bridgehead atoms. The third-order valence-electron chi connectivity index (χ3n) is 2.48. The Labute approximate surface area is 71.4 Å². The maximum atomic E-state index is 11.5. The summed E-state index contributed by atoms with van der Waals surface area (Å²) < 4.78 is 0. The van der Waals surface area contributed by atoms with Crippen LogP contribution in [0, 0.1) is 0 Å². The smallest absolute Gasteiger partial charge is 0.274 e. The Morgan fingerprint density at radius 1 is 1.58 bits per heavy atom. The predicted molar refractivity (Wildman–Crippen MR) is 46.1 cm³/mol. The highest BCUT2D eigenvalue weighted by Gasteiger charge is 2.43. The van der Waals surface area contributed by atoms with E-state index in [1.165, 1.54) is 0 Å². The van der Waals surface area contributed by atoms with Crippen molar-refractivity contribution >= 4 is 11.7 Å². The van der Waals surface area contributed by atoms with Gasteiger partial charge in [-0.2, -0.15) is 4.99 Å². The van der Waals surface area contributed by atoms with Crippen molar-refractivity contribution in [1.82, 2.24) is 10.6 Å². The van der Waals surface area contributed by atoms with Gasteiger partial charge in [0.25, 0.3) is 5.91 Å². The molecule has 2 N–H and O–H groups in total. The molecule has 1 fully saturated rings. The second-order valence-electron chi connectivity index (χ2n) is 3.49. The van der Waals surface area contributed by atoms with Gasteiger partial charge in [0.05, 0.1) is 0 Å². The zero-order valence-electron chi connectivity index (χ0n) is 7.18. The SMILES string of the molecule is CC1=NC(=O)C2(CCCNC2)N1. The van der Waals surface area contributed by atoms with Crippen LogP contribution < -0.4 is 10.6 Å². The minimum Gasteiger partial charge on any atom is -0.358 e. The highest BCUT2D eigenvalue weighted by Crippen LogP contribution is 2.21.